The summed E-state index contributed by atoms with van der Waals surface area (Å²) in [7, 11) is 0. The SMILES string of the molecule is Cc1nc(Nc2ccc(NC(=O)c3ccc(F)cc3F)cc2)cc(-n2cccn2)n1. The fourth-order valence-corrected chi connectivity index (χ4v) is 2.79. The largest absolute Gasteiger partial charge is 0.340 e. The molecule has 150 valence electrons. The molecular weight excluding hydrogens is 390 g/mol. The van der Waals surface area contributed by atoms with Crippen LogP contribution in [0.1, 0.15) is 16.2 Å². The van der Waals surface area contributed by atoms with Crippen LogP contribution in [0.3, 0.4) is 0 Å². The molecule has 4 aromatic rings. The predicted octanol–water partition coefficient (Wildman–Crippen LogP) is 4.24. The lowest BCUT2D eigenvalue weighted by atomic mass is 10.2. The van der Waals surface area contributed by atoms with Crippen LogP contribution in [0.4, 0.5) is 26.0 Å². The van der Waals surface area contributed by atoms with Crippen molar-refractivity contribution >= 4 is 23.1 Å². The summed E-state index contributed by atoms with van der Waals surface area (Å²) in [4.78, 5) is 20.9. The third-order valence-electron chi connectivity index (χ3n) is 4.15. The molecule has 1 amide bonds. The zero-order chi connectivity index (χ0) is 21.1. The Morgan fingerprint density at radius 1 is 1.00 bits per heavy atom. The van der Waals surface area contributed by atoms with Crippen LogP contribution in [-0.4, -0.2) is 25.7 Å². The maximum absolute atomic E-state index is 13.7. The zero-order valence-electron chi connectivity index (χ0n) is 15.8. The van der Waals surface area contributed by atoms with E-state index < -0.39 is 17.5 Å². The number of benzene rings is 2. The van der Waals surface area contributed by atoms with Gasteiger partial charge >= 0.3 is 0 Å². The number of aromatic nitrogens is 4. The highest BCUT2D eigenvalue weighted by Gasteiger charge is 2.13. The molecule has 0 unspecified atom stereocenters. The lowest BCUT2D eigenvalue weighted by molar-refractivity contribution is 0.102. The van der Waals surface area contributed by atoms with E-state index in [1.165, 1.54) is 0 Å². The number of hydrogen-bond acceptors (Lipinski definition) is 5. The minimum Gasteiger partial charge on any atom is -0.340 e. The number of anilines is 3. The number of carbonyl (C=O) groups excluding carboxylic acids is 1. The van der Waals surface area contributed by atoms with E-state index in [1.54, 1.807) is 60.4 Å². The highest BCUT2D eigenvalue weighted by molar-refractivity contribution is 6.04. The molecule has 0 spiro atoms. The zero-order valence-corrected chi connectivity index (χ0v) is 15.8. The quantitative estimate of drug-likeness (QED) is 0.518. The first-order valence-corrected chi connectivity index (χ1v) is 8.97. The molecule has 0 aliphatic heterocycles. The molecule has 0 atom stereocenters. The molecule has 0 aliphatic rings. The summed E-state index contributed by atoms with van der Waals surface area (Å²) in [5.41, 5.74) is 0.956. The van der Waals surface area contributed by atoms with Crippen molar-refractivity contribution in [1.29, 1.82) is 0 Å². The summed E-state index contributed by atoms with van der Waals surface area (Å²) in [5.74, 6) is -0.536. The maximum atomic E-state index is 13.7. The number of halogens is 2. The average Bonchev–Trinajstić information content (AvgIpc) is 3.24. The molecule has 0 bridgehead atoms. The summed E-state index contributed by atoms with van der Waals surface area (Å²) in [6, 6.07) is 13.2. The van der Waals surface area contributed by atoms with E-state index in [0.717, 1.165) is 17.8 Å². The second-order valence-electron chi connectivity index (χ2n) is 6.39. The maximum Gasteiger partial charge on any atom is 0.258 e. The summed E-state index contributed by atoms with van der Waals surface area (Å²) < 4.78 is 28.4. The number of rotatable bonds is 5. The van der Waals surface area contributed by atoms with Crippen molar-refractivity contribution in [2.45, 2.75) is 6.92 Å². The number of nitrogens with one attached hydrogen (secondary N) is 2. The number of hydrogen-bond donors (Lipinski definition) is 2. The van der Waals surface area contributed by atoms with Crippen LogP contribution in [0.2, 0.25) is 0 Å². The lowest BCUT2D eigenvalue weighted by Gasteiger charge is -2.10. The van der Waals surface area contributed by atoms with Crippen molar-refractivity contribution in [3.05, 3.63) is 90.0 Å². The Bertz CT molecular complexity index is 1190. The number of carbonyl (C=O) groups is 1. The van der Waals surface area contributed by atoms with Crippen molar-refractivity contribution in [1.82, 2.24) is 19.7 Å². The Kier molecular flexibility index (Phi) is 5.17. The standard InChI is InChI=1S/C21H16F2N6O/c1-13-25-19(12-20(26-13)29-10-2-9-24-29)27-15-4-6-16(7-5-15)28-21(30)17-8-3-14(22)11-18(17)23/h2-12H,1H3,(H,28,30)(H,25,26,27). The van der Waals surface area contributed by atoms with Crippen molar-refractivity contribution in [3.63, 3.8) is 0 Å². The van der Waals surface area contributed by atoms with Crippen LogP contribution >= 0.6 is 0 Å². The fraction of sp³-hybridized carbons (Fsp3) is 0.0476. The Balaban J connectivity index is 1.47. The first kappa shape index (κ1) is 19.2. The van der Waals surface area contributed by atoms with Crippen molar-refractivity contribution < 1.29 is 13.6 Å². The van der Waals surface area contributed by atoms with Crippen LogP contribution in [0.5, 0.6) is 0 Å². The van der Waals surface area contributed by atoms with E-state index in [1.807, 2.05) is 0 Å². The Labute approximate surface area is 170 Å². The molecule has 4 rings (SSSR count). The van der Waals surface area contributed by atoms with Crippen molar-refractivity contribution in [2.24, 2.45) is 0 Å². The van der Waals surface area contributed by atoms with E-state index in [-0.39, 0.29) is 5.56 Å². The second kappa shape index (κ2) is 8.08. The van der Waals surface area contributed by atoms with Gasteiger partial charge in [0.25, 0.3) is 5.91 Å². The number of aryl methyl sites for hydroxylation is 1. The minimum atomic E-state index is -0.919. The molecule has 2 aromatic heterocycles. The molecule has 0 saturated carbocycles. The summed E-state index contributed by atoms with van der Waals surface area (Å²) in [6.07, 6.45) is 3.45. The molecule has 7 nitrogen and oxygen atoms in total. The van der Waals surface area contributed by atoms with Crippen LogP contribution in [-0.2, 0) is 0 Å². The van der Waals surface area contributed by atoms with Gasteiger partial charge in [0.05, 0.1) is 5.56 Å². The van der Waals surface area contributed by atoms with Crippen LogP contribution in [0.25, 0.3) is 5.82 Å². The molecule has 2 heterocycles. The fourth-order valence-electron chi connectivity index (χ4n) is 2.79. The normalized spacial score (nSPS) is 10.6. The van der Waals surface area contributed by atoms with Gasteiger partial charge in [0, 0.05) is 35.9 Å². The van der Waals surface area contributed by atoms with Gasteiger partial charge in [-0.3, -0.25) is 4.79 Å². The van der Waals surface area contributed by atoms with E-state index in [0.29, 0.717) is 29.2 Å². The number of nitrogens with zero attached hydrogens (tertiary/aromatic N) is 4. The van der Waals surface area contributed by atoms with Crippen molar-refractivity contribution in [2.75, 3.05) is 10.6 Å². The van der Waals surface area contributed by atoms with Crippen LogP contribution in [0, 0.1) is 18.6 Å². The smallest absolute Gasteiger partial charge is 0.258 e. The molecule has 0 saturated heterocycles. The Morgan fingerprint density at radius 3 is 2.47 bits per heavy atom. The monoisotopic (exact) mass is 406 g/mol. The summed E-state index contributed by atoms with van der Waals surface area (Å²) in [6.45, 7) is 1.78. The van der Waals surface area contributed by atoms with Crippen molar-refractivity contribution in [3.8, 4) is 5.82 Å². The lowest BCUT2D eigenvalue weighted by Crippen LogP contribution is -2.13. The van der Waals surface area contributed by atoms with Gasteiger partial charge in [-0.2, -0.15) is 5.10 Å². The first-order valence-electron chi connectivity index (χ1n) is 8.97. The van der Waals surface area contributed by atoms with Gasteiger partial charge in [0.2, 0.25) is 0 Å². The molecule has 9 heteroatoms. The van der Waals surface area contributed by atoms with E-state index in [4.69, 9.17) is 0 Å². The Morgan fingerprint density at radius 2 is 1.77 bits per heavy atom. The Hall–Kier alpha value is -4.14. The van der Waals surface area contributed by atoms with E-state index >= 15 is 0 Å². The molecule has 0 radical (unpaired) electrons. The molecule has 30 heavy (non-hydrogen) atoms. The van der Waals surface area contributed by atoms with E-state index in [9.17, 15) is 13.6 Å². The van der Waals surface area contributed by atoms with Gasteiger partial charge in [-0.05, 0) is 49.4 Å². The van der Waals surface area contributed by atoms with Gasteiger partial charge in [-0.25, -0.2) is 23.4 Å². The first-order chi connectivity index (χ1) is 14.5. The molecular formula is C21H16F2N6O. The van der Waals surface area contributed by atoms with Gasteiger partial charge < -0.3 is 10.6 Å². The molecule has 0 fully saturated rings. The molecule has 2 aromatic carbocycles. The second-order valence-corrected chi connectivity index (χ2v) is 6.39. The molecule has 0 aliphatic carbocycles. The average molecular weight is 406 g/mol. The highest BCUT2D eigenvalue weighted by atomic mass is 19.1. The summed E-state index contributed by atoms with van der Waals surface area (Å²) in [5, 5.41) is 9.91. The van der Waals surface area contributed by atoms with Gasteiger partial charge in [-0.1, -0.05) is 0 Å². The van der Waals surface area contributed by atoms with Crippen LogP contribution < -0.4 is 10.6 Å². The topological polar surface area (TPSA) is 84.7 Å². The summed E-state index contributed by atoms with van der Waals surface area (Å²) >= 11 is 0. The predicted molar refractivity (Wildman–Crippen MR) is 108 cm³/mol. The molecule has 2 N–H and O–H groups in total. The van der Waals surface area contributed by atoms with Crippen LogP contribution in [0.15, 0.2) is 67.0 Å². The number of amides is 1. The minimum absolute atomic E-state index is 0.235. The van der Waals surface area contributed by atoms with Gasteiger partial charge in [0.15, 0.2) is 5.82 Å². The third-order valence-corrected chi connectivity index (χ3v) is 4.15. The van der Waals surface area contributed by atoms with Gasteiger partial charge in [0.1, 0.15) is 23.3 Å². The highest BCUT2D eigenvalue weighted by Crippen LogP contribution is 2.20. The third kappa shape index (κ3) is 4.30. The van der Waals surface area contributed by atoms with E-state index in [2.05, 4.69) is 25.7 Å². The van der Waals surface area contributed by atoms with Gasteiger partial charge in [-0.15, -0.1) is 0 Å².